The molecule has 2 rings (SSSR count). The molecule has 0 N–H and O–H groups in total. The molecule has 0 aliphatic carbocycles. The van der Waals surface area contributed by atoms with Gasteiger partial charge in [-0.25, -0.2) is 9.97 Å². The number of unbranched alkanes of at least 4 members (excludes halogenated alkanes) is 3. The zero-order valence-corrected chi connectivity index (χ0v) is 12.8. The summed E-state index contributed by atoms with van der Waals surface area (Å²) in [7, 11) is 0. The smallest absolute Gasteiger partial charge is 0.316 e. The maximum absolute atomic E-state index is 5.85. The van der Waals surface area contributed by atoms with Crippen molar-refractivity contribution in [3.05, 3.63) is 18.0 Å². The quantitative estimate of drug-likeness (QED) is 0.717. The van der Waals surface area contributed by atoms with Gasteiger partial charge in [0.15, 0.2) is 0 Å². The summed E-state index contributed by atoms with van der Waals surface area (Å²) in [6.45, 7) is 7.77. The maximum Gasteiger partial charge on any atom is 0.316 e. The number of hydrogen-bond acceptors (Lipinski definition) is 4. The monoisotopic (exact) mass is 277 g/mol. The highest BCUT2D eigenvalue weighted by Gasteiger charge is 2.20. The Bertz CT molecular complexity index is 372. The Hall–Kier alpha value is -1.16. The molecule has 1 aliphatic heterocycles. The molecule has 4 heteroatoms. The fourth-order valence-electron chi connectivity index (χ4n) is 2.60. The fourth-order valence-corrected chi connectivity index (χ4v) is 2.60. The lowest BCUT2D eigenvalue weighted by molar-refractivity contribution is 0.0918. The van der Waals surface area contributed by atoms with E-state index in [-0.39, 0.29) is 6.10 Å². The molecule has 1 fully saturated rings. The van der Waals surface area contributed by atoms with E-state index >= 15 is 0 Å². The molecule has 0 saturated carbocycles. The van der Waals surface area contributed by atoms with Crippen molar-refractivity contribution in [2.75, 3.05) is 19.6 Å². The lowest BCUT2D eigenvalue weighted by Gasteiger charge is -2.31. The van der Waals surface area contributed by atoms with Gasteiger partial charge in [0.2, 0.25) is 0 Å². The van der Waals surface area contributed by atoms with Gasteiger partial charge < -0.3 is 9.64 Å². The van der Waals surface area contributed by atoms with Crippen LogP contribution in [0.1, 0.15) is 51.0 Å². The zero-order valence-electron chi connectivity index (χ0n) is 12.8. The van der Waals surface area contributed by atoms with Crippen LogP contribution in [0, 0.1) is 6.92 Å². The van der Waals surface area contributed by atoms with Gasteiger partial charge in [0.25, 0.3) is 0 Å². The molecule has 2 heterocycles. The van der Waals surface area contributed by atoms with Crippen molar-refractivity contribution in [3.63, 3.8) is 0 Å². The van der Waals surface area contributed by atoms with Crippen LogP contribution in [0.25, 0.3) is 0 Å². The van der Waals surface area contributed by atoms with Crippen molar-refractivity contribution in [1.29, 1.82) is 0 Å². The standard InChI is InChI=1S/C16H27N3O/c1-3-4-5-6-9-19-10-7-15(8-11-19)20-16-17-12-14(2)13-18-16/h12-13,15H,3-11H2,1-2H3. The van der Waals surface area contributed by atoms with Crippen molar-refractivity contribution in [3.8, 4) is 6.01 Å². The number of aromatic nitrogens is 2. The normalized spacial score (nSPS) is 17.3. The number of likely N-dealkylation sites (tertiary alicyclic amines) is 1. The van der Waals surface area contributed by atoms with Gasteiger partial charge in [0, 0.05) is 25.5 Å². The summed E-state index contributed by atoms with van der Waals surface area (Å²) in [5.41, 5.74) is 1.07. The highest BCUT2D eigenvalue weighted by Crippen LogP contribution is 2.16. The van der Waals surface area contributed by atoms with Crippen molar-refractivity contribution in [2.45, 2.75) is 58.5 Å². The van der Waals surface area contributed by atoms with E-state index in [1.807, 2.05) is 19.3 Å². The summed E-state index contributed by atoms with van der Waals surface area (Å²) in [6.07, 6.45) is 11.5. The summed E-state index contributed by atoms with van der Waals surface area (Å²) >= 11 is 0. The Morgan fingerprint density at radius 3 is 2.50 bits per heavy atom. The lowest BCUT2D eigenvalue weighted by Crippen LogP contribution is -2.38. The van der Waals surface area contributed by atoms with Gasteiger partial charge in [-0.1, -0.05) is 26.2 Å². The van der Waals surface area contributed by atoms with E-state index < -0.39 is 0 Å². The molecule has 112 valence electrons. The van der Waals surface area contributed by atoms with E-state index in [0.717, 1.165) is 31.5 Å². The molecule has 0 bridgehead atoms. The molecule has 1 aromatic rings. The van der Waals surface area contributed by atoms with Gasteiger partial charge in [0.1, 0.15) is 6.10 Å². The number of ether oxygens (including phenoxy) is 1. The molecular formula is C16H27N3O. The maximum atomic E-state index is 5.85. The summed E-state index contributed by atoms with van der Waals surface area (Å²) in [5.74, 6) is 0. The minimum absolute atomic E-state index is 0.282. The Kier molecular flexibility index (Phi) is 6.25. The second kappa shape index (κ2) is 8.20. The molecule has 1 aliphatic rings. The molecule has 0 radical (unpaired) electrons. The highest BCUT2D eigenvalue weighted by molar-refractivity contribution is 5.04. The van der Waals surface area contributed by atoms with E-state index in [4.69, 9.17) is 4.74 Å². The number of nitrogens with zero attached hydrogens (tertiary/aromatic N) is 3. The van der Waals surface area contributed by atoms with Gasteiger partial charge in [-0.15, -0.1) is 0 Å². The Labute approximate surface area is 122 Å². The molecule has 0 unspecified atom stereocenters. The predicted molar refractivity (Wildman–Crippen MR) is 81.0 cm³/mol. The number of aryl methyl sites for hydroxylation is 1. The van der Waals surface area contributed by atoms with Crippen LogP contribution in [0.4, 0.5) is 0 Å². The summed E-state index contributed by atoms with van der Waals surface area (Å²) in [4.78, 5) is 11.0. The fraction of sp³-hybridized carbons (Fsp3) is 0.750. The van der Waals surface area contributed by atoms with Crippen LogP contribution in [-0.4, -0.2) is 40.6 Å². The van der Waals surface area contributed by atoms with Gasteiger partial charge in [-0.05, 0) is 38.3 Å². The van der Waals surface area contributed by atoms with Crippen LogP contribution in [0.5, 0.6) is 6.01 Å². The third kappa shape index (κ3) is 5.08. The van der Waals surface area contributed by atoms with E-state index in [0.29, 0.717) is 6.01 Å². The molecular weight excluding hydrogens is 250 g/mol. The van der Waals surface area contributed by atoms with Gasteiger partial charge in [0.05, 0.1) is 0 Å². The summed E-state index contributed by atoms with van der Waals surface area (Å²) < 4.78 is 5.85. The van der Waals surface area contributed by atoms with Crippen LogP contribution >= 0.6 is 0 Å². The zero-order chi connectivity index (χ0) is 14.2. The molecule has 0 amide bonds. The second-order valence-electron chi connectivity index (χ2n) is 5.76. The molecule has 0 aromatic carbocycles. The average Bonchev–Trinajstić information content (AvgIpc) is 2.48. The molecule has 20 heavy (non-hydrogen) atoms. The van der Waals surface area contributed by atoms with E-state index in [9.17, 15) is 0 Å². The average molecular weight is 277 g/mol. The largest absolute Gasteiger partial charge is 0.460 e. The minimum atomic E-state index is 0.282. The number of rotatable bonds is 7. The van der Waals surface area contributed by atoms with Crippen molar-refractivity contribution in [1.82, 2.24) is 14.9 Å². The van der Waals surface area contributed by atoms with Crippen molar-refractivity contribution < 1.29 is 4.74 Å². The second-order valence-corrected chi connectivity index (χ2v) is 5.76. The SMILES string of the molecule is CCCCCCN1CCC(Oc2ncc(C)cn2)CC1. The van der Waals surface area contributed by atoms with Crippen LogP contribution in [-0.2, 0) is 0 Å². The molecule has 0 atom stereocenters. The molecule has 0 spiro atoms. The number of hydrogen-bond donors (Lipinski definition) is 0. The summed E-state index contributed by atoms with van der Waals surface area (Å²) in [5, 5.41) is 0. The first kappa shape index (κ1) is 15.2. The summed E-state index contributed by atoms with van der Waals surface area (Å²) in [6, 6.07) is 0.525. The lowest BCUT2D eigenvalue weighted by atomic mass is 10.1. The van der Waals surface area contributed by atoms with E-state index in [2.05, 4.69) is 21.8 Å². The van der Waals surface area contributed by atoms with Crippen LogP contribution in [0.3, 0.4) is 0 Å². The highest BCUT2D eigenvalue weighted by atomic mass is 16.5. The number of piperidine rings is 1. The third-order valence-electron chi connectivity index (χ3n) is 3.89. The van der Waals surface area contributed by atoms with E-state index in [1.54, 1.807) is 0 Å². The van der Waals surface area contributed by atoms with Crippen LogP contribution in [0.2, 0.25) is 0 Å². The van der Waals surface area contributed by atoms with Crippen LogP contribution < -0.4 is 4.74 Å². The third-order valence-corrected chi connectivity index (χ3v) is 3.89. The minimum Gasteiger partial charge on any atom is -0.460 e. The van der Waals surface area contributed by atoms with Crippen molar-refractivity contribution >= 4 is 0 Å². The van der Waals surface area contributed by atoms with Crippen molar-refractivity contribution in [2.24, 2.45) is 0 Å². The first-order valence-electron chi connectivity index (χ1n) is 7.95. The Balaban J connectivity index is 1.65. The molecule has 1 saturated heterocycles. The Morgan fingerprint density at radius 1 is 1.15 bits per heavy atom. The van der Waals surface area contributed by atoms with Gasteiger partial charge in [-0.2, -0.15) is 0 Å². The molecule has 4 nitrogen and oxygen atoms in total. The first-order valence-corrected chi connectivity index (χ1v) is 7.95. The predicted octanol–water partition coefficient (Wildman–Crippen LogP) is 3.21. The van der Waals surface area contributed by atoms with Crippen LogP contribution in [0.15, 0.2) is 12.4 Å². The van der Waals surface area contributed by atoms with Gasteiger partial charge >= 0.3 is 6.01 Å². The topological polar surface area (TPSA) is 38.2 Å². The first-order chi connectivity index (χ1) is 9.78. The van der Waals surface area contributed by atoms with E-state index in [1.165, 1.54) is 32.2 Å². The Morgan fingerprint density at radius 2 is 1.85 bits per heavy atom. The molecule has 1 aromatic heterocycles. The van der Waals surface area contributed by atoms with Gasteiger partial charge in [-0.3, -0.25) is 0 Å².